The summed E-state index contributed by atoms with van der Waals surface area (Å²) in [5.41, 5.74) is 2.54. The molecule has 0 saturated carbocycles. The highest BCUT2D eigenvalue weighted by Gasteiger charge is 2.26. The molecule has 2 fully saturated rings. The van der Waals surface area contributed by atoms with E-state index in [4.69, 9.17) is 4.74 Å². The summed E-state index contributed by atoms with van der Waals surface area (Å²) in [4.78, 5) is 34.4. The Bertz CT molecular complexity index is 920. The second-order valence-electron chi connectivity index (χ2n) is 8.67. The normalized spacial score (nSPS) is 17.8. The predicted molar refractivity (Wildman–Crippen MR) is 124 cm³/mol. The molecular weight excluding hydrogens is 404 g/mol. The SMILES string of the molecule is Cc1cccc(C(=O)N2CCC(CCN3CCOCC3)CC2)c1NC(=O)c1ccncc1. The largest absolute Gasteiger partial charge is 0.379 e. The van der Waals surface area contributed by atoms with Gasteiger partial charge in [-0.15, -0.1) is 0 Å². The second-order valence-corrected chi connectivity index (χ2v) is 8.67. The molecule has 0 unspecified atom stereocenters. The van der Waals surface area contributed by atoms with Crippen molar-refractivity contribution in [2.45, 2.75) is 26.2 Å². The zero-order valence-electron chi connectivity index (χ0n) is 18.8. The van der Waals surface area contributed by atoms with Crippen molar-refractivity contribution < 1.29 is 14.3 Å². The minimum absolute atomic E-state index is 0.00893. The number of para-hydroxylation sites is 1. The van der Waals surface area contributed by atoms with Crippen LogP contribution in [0.15, 0.2) is 42.7 Å². The number of hydrogen-bond donors (Lipinski definition) is 1. The summed E-state index contributed by atoms with van der Waals surface area (Å²) in [6.45, 7) is 8.28. The first-order chi connectivity index (χ1) is 15.6. The molecule has 32 heavy (non-hydrogen) atoms. The van der Waals surface area contributed by atoms with Crippen LogP contribution >= 0.6 is 0 Å². The minimum Gasteiger partial charge on any atom is -0.379 e. The molecule has 0 radical (unpaired) electrons. The summed E-state index contributed by atoms with van der Waals surface area (Å²) < 4.78 is 5.43. The Hall–Kier alpha value is -2.77. The van der Waals surface area contributed by atoms with Crippen LogP contribution in [0.1, 0.15) is 45.5 Å². The fourth-order valence-corrected chi connectivity index (χ4v) is 4.49. The first kappa shape index (κ1) is 22.4. The Morgan fingerprint density at radius 3 is 2.50 bits per heavy atom. The van der Waals surface area contributed by atoms with E-state index >= 15 is 0 Å². The summed E-state index contributed by atoms with van der Waals surface area (Å²) in [5.74, 6) is 0.410. The summed E-state index contributed by atoms with van der Waals surface area (Å²) in [6, 6.07) is 8.92. The molecule has 7 heteroatoms. The van der Waals surface area contributed by atoms with Gasteiger partial charge in [-0.3, -0.25) is 19.5 Å². The molecule has 0 spiro atoms. The van der Waals surface area contributed by atoms with E-state index in [1.807, 2.05) is 30.0 Å². The van der Waals surface area contributed by atoms with Crippen molar-refractivity contribution >= 4 is 17.5 Å². The number of rotatable bonds is 6. The average molecular weight is 437 g/mol. The van der Waals surface area contributed by atoms with E-state index in [1.54, 1.807) is 24.5 Å². The van der Waals surface area contributed by atoms with Gasteiger partial charge in [-0.25, -0.2) is 0 Å². The standard InChI is InChI=1S/C25H32N4O3/c1-19-3-2-4-22(23(19)27-24(30)21-5-10-26-11-6-21)25(31)29-13-8-20(9-14-29)7-12-28-15-17-32-18-16-28/h2-6,10-11,20H,7-9,12-18H2,1H3,(H,27,30). The Kier molecular flexibility index (Phi) is 7.50. The molecule has 2 aliphatic heterocycles. The maximum absolute atomic E-state index is 13.3. The van der Waals surface area contributed by atoms with Gasteiger partial charge >= 0.3 is 0 Å². The van der Waals surface area contributed by atoms with Gasteiger partial charge in [-0.2, -0.15) is 0 Å². The van der Waals surface area contributed by atoms with E-state index in [0.717, 1.165) is 64.3 Å². The van der Waals surface area contributed by atoms with Gasteiger partial charge in [-0.05, 0) is 62.4 Å². The molecule has 0 bridgehead atoms. The van der Waals surface area contributed by atoms with Crippen molar-refractivity contribution in [2.24, 2.45) is 5.92 Å². The van der Waals surface area contributed by atoms with Crippen LogP contribution in [-0.4, -0.2) is 72.5 Å². The molecule has 2 aromatic rings. The Morgan fingerprint density at radius 2 is 1.78 bits per heavy atom. The van der Waals surface area contributed by atoms with E-state index in [-0.39, 0.29) is 11.8 Å². The number of nitrogens with zero attached hydrogens (tertiary/aromatic N) is 3. The number of aromatic nitrogens is 1. The van der Waals surface area contributed by atoms with E-state index in [1.165, 1.54) is 6.42 Å². The molecular formula is C25H32N4O3. The summed E-state index contributed by atoms with van der Waals surface area (Å²) >= 11 is 0. The smallest absolute Gasteiger partial charge is 0.255 e. The van der Waals surface area contributed by atoms with Crippen molar-refractivity contribution in [1.82, 2.24) is 14.8 Å². The fraction of sp³-hybridized carbons (Fsp3) is 0.480. The highest BCUT2D eigenvalue weighted by Crippen LogP contribution is 2.27. The van der Waals surface area contributed by atoms with Crippen molar-refractivity contribution in [3.05, 3.63) is 59.4 Å². The van der Waals surface area contributed by atoms with E-state index in [9.17, 15) is 9.59 Å². The Balaban J connectivity index is 1.36. The third kappa shape index (κ3) is 5.53. The van der Waals surface area contributed by atoms with E-state index in [0.29, 0.717) is 22.7 Å². The number of pyridine rings is 1. The lowest BCUT2D eigenvalue weighted by atomic mass is 9.92. The number of piperidine rings is 1. The first-order valence-electron chi connectivity index (χ1n) is 11.5. The highest BCUT2D eigenvalue weighted by molar-refractivity contribution is 6.09. The lowest BCUT2D eigenvalue weighted by molar-refractivity contribution is 0.0332. The van der Waals surface area contributed by atoms with Gasteiger partial charge in [0, 0.05) is 44.1 Å². The second kappa shape index (κ2) is 10.7. The van der Waals surface area contributed by atoms with Gasteiger partial charge < -0.3 is 15.0 Å². The molecule has 2 saturated heterocycles. The molecule has 2 aliphatic rings. The lowest BCUT2D eigenvalue weighted by Crippen LogP contribution is -2.41. The molecule has 0 aliphatic carbocycles. The molecule has 2 amide bonds. The van der Waals surface area contributed by atoms with Crippen LogP contribution in [-0.2, 0) is 4.74 Å². The zero-order valence-corrected chi connectivity index (χ0v) is 18.8. The minimum atomic E-state index is -0.238. The molecule has 3 heterocycles. The molecule has 1 aromatic heterocycles. The number of likely N-dealkylation sites (tertiary alicyclic amines) is 1. The van der Waals surface area contributed by atoms with Gasteiger partial charge in [0.25, 0.3) is 11.8 Å². The van der Waals surface area contributed by atoms with Crippen LogP contribution in [0.4, 0.5) is 5.69 Å². The molecule has 0 atom stereocenters. The number of anilines is 1. The maximum Gasteiger partial charge on any atom is 0.255 e. The topological polar surface area (TPSA) is 74.8 Å². The Labute approximate surface area is 189 Å². The van der Waals surface area contributed by atoms with Gasteiger partial charge in [0.05, 0.1) is 24.5 Å². The number of amides is 2. The van der Waals surface area contributed by atoms with Crippen molar-refractivity contribution in [3.8, 4) is 0 Å². The van der Waals surface area contributed by atoms with Crippen LogP contribution < -0.4 is 5.32 Å². The fourth-order valence-electron chi connectivity index (χ4n) is 4.49. The number of morpholine rings is 1. The van der Waals surface area contributed by atoms with Crippen LogP contribution in [0.2, 0.25) is 0 Å². The third-order valence-corrected chi connectivity index (χ3v) is 6.54. The molecule has 170 valence electrons. The summed E-state index contributed by atoms with van der Waals surface area (Å²) in [6.07, 6.45) is 6.41. The number of carbonyl (C=O) groups excluding carboxylic acids is 2. The summed E-state index contributed by atoms with van der Waals surface area (Å²) in [5, 5.41) is 2.95. The first-order valence-corrected chi connectivity index (χ1v) is 11.5. The van der Waals surface area contributed by atoms with Crippen molar-refractivity contribution in [2.75, 3.05) is 51.3 Å². The predicted octanol–water partition coefficient (Wildman–Crippen LogP) is 3.22. The number of carbonyl (C=O) groups is 2. The zero-order chi connectivity index (χ0) is 22.3. The molecule has 4 rings (SSSR count). The van der Waals surface area contributed by atoms with Crippen molar-refractivity contribution in [3.63, 3.8) is 0 Å². The number of nitrogens with one attached hydrogen (secondary N) is 1. The van der Waals surface area contributed by atoms with Crippen LogP contribution in [0.5, 0.6) is 0 Å². The summed E-state index contributed by atoms with van der Waals surface area (Å²) in [7, 11) is 0. The molecule has 1 aromatic carbocycles. The van der Waals surface area contributed by atoms with Crippen LogP contribution in [0, 0.1) is 12.8 Å². The van der Waals surface area contributed by atoms with Gasteiger partial charge in [0.2, 0.25) is 0 Å². The Morgan fingerprint density at radius 1 is 1.06 bits per heavy atom. The molecule has 7 nitrogen and oxygen atoms in total. The lowest BCUT2D eigenvalue weighted by Gasteiger charge is -2.34. The maximum atomic E-state index is 13.3. The number of benzene rings is 1. The van der Waals surface area contributed by atoms with Crippen LogP contribution in [0.3, 0.4) is 0 Å². The number of hydrogen-bond acceptors (Lipinski definition) is 5. The van der Waals surface area contributed by atoms with E-state index in [2.05, 4.69) is 15.2 Å². The quantitative estimate of drug-likeness (QED) is 0.753. The van der Waals surface area contributed by atoms with Gasteiger partial charge in [0.1, 0.15) is 0 Å². The van der Waals surface area contributed by atoms with E-state index < -0.39 is 0 Å². The number of aryl methyl sites for hydroxylation is 1. The molecule has 1 N–H and O–H groups in total. The third-order valence-electron chi connectivity index (χ3n) is 6.54. The highest BCUT2D eigenvalue weighted by atomic mass is 16.5. The van der Waals surface area contributed by atoms with Crippen LogP contribution in [0.25, 0.3) is 0 Å². The van der Waals surface area contributed by atoms with Gasteiger partial charge in [-0.1, -0.05) is 12.1 Å². The number of ether oxygens (including phenoxy) is 1. The van der Waals surface area contributed by atoms with Gasteiger partial charge in [0.15, 0.2) is 0 Å². The monoisotopic (exact) mass is 436 g/mol. The van der Waals surface area contributed by atoms with Crippen molar-refractivity contribution in [1.29, 1.82) is 0 Å². The average Bonchev–Trinajstić information content (AvgIpc) is 2.85.